The van der Waals surface area contributed by atoms with Crippen molar-refractivity contribution in [1.82, 2.24) is 10.1 Å². The van der Waals surface area contributed by atoms with Gasteiger partial charge >= 0.3 is 0 Å². The summed E-state index contributed by atoms with van der Waals surface area (Å²) < 4.78 is 10.2. The Balaban J connectivity index is 2.84. The molecule has 1 heterocycles. The lowest BCUT2D eigenvalue weighted by Crippen LogP contribution is -2.35. The van der Waals surface area contributed by atoms with Gasteiger partial charge in [-0.25, -0.2) is 0 Å². The molecule has 5 nitrogen and oxygen atoms in total. The van der Waals surface area contributed by atoms with Crippen LogP contribution in [0.2, 0.25) is 0 Å². The lowest BCUT2D eigenvalue weighted by atomic mass is 9.96. The lowest BCUT2D eigenvalue weighted by molar-refractivity contribution is 0.168. The first-order valence-corrected chi connectivity index (χ1v) is 5.40. The van der Waals surface area contributed by atoms with Gasteiger partial charge in [-0.05, 0) is 13.3 Å². The van der Waals surface area contributed by atoms with Crippen molar-refractivity contribution < 1.29 is 9.26 Å². The lowest BCUT2D eigenvalue weighted by Gasteiger charge is -2.19. The van der Waals surface area contributed by atoms with Crippen LogP contribution < -0.4 is 5.73 Å². The number of nitrogens with zero attached hydrogens (tertiary/aromatic N) is 2. The maximum Gasteiger partial charge on any atom is 0.232 e. The SMILES string of the molecule is COCCC(C)(N)c1noc(C(C)(C)C)n1. The molecule has 0 radical (unpaired) electrons. The molecule has 0 aliphatic carbocycles. The Kier molecular flexibility index (Phi) is 3.70. The summed E-state index contributed by atoms with van der Waals surface area (Å²) in [6.07, 6.45) is 0.659. The Bertz CT molecular complexity index is 339. The molecule has 1 rings (SSSR count). The zero-order chi connectivity index (χ0) is 12.4. The molecule has 0 aliphatic rings. The first-order valence-electron chi connectivity index (χ1n) is 5.40. The van der Waals surface area contributed by atoms with Gasteiger partial charge in [-0.2, -0.15) is 4.98 Å². The third kappa shape index (κ3) is 3.02. The van der Waals surface area contributed by atoms with Crippen LogP contribution >= 0.6 is 0 Å². The third-order valence-electron chi connectivity index (χ3n) is 2.40. The standard InChI is InChI=1S/C11H21N3O2/c1-10(2,3)9-13-8(14-16-9)11(4,12)6-7-15-5/h6-7,12H2,1-5H3. The summed E-state index contributed by atoms with van der Waals surface area (Å²) in [5.41, 5.74) is 5.36. The highest BCUT2D eigenvalue weighted by atomic mass is 16.5. The van der Waals surface area contributed by atoms with Crippen molar-refractivity contribution in [1.29, 1.82) is 0 Å². The molecule has 0 aliphatic heterocycles. The van der Waals surface area contributed by atoms with Gasteiger partial charge in [0, 0.05) is 19.1 Å². The van der Waals surface area contributed by atoms with Gasteiger partial charge in [-0.15, -0.1) is 0 Å². The van der Waals surface area contributed by atoms with Crippen LogP contribution in [0.5, 0.6) is 0 Å². The molecule has 0 saturated heterocycles. The van der Waals surface area contributed by atoms with E-state index in [1.165, 1.54) is 0 Å². The molecule has 1 atom stereocenters. The zero-order valence-electron chi connectivity index (χ0n) is 10.7. The Morgan fingerprint density at radius 2 is 1.94 bits per heavy atom. The molecule has 0 fully saturated rings. The number of hydrogen-bond donors (Lipinski definition) is 1. The van der Waals surface area contributed by atoms with E-state index in [4.69, 9.17) is 15.0 Å². The second kappa shape index (κ2) is 4.51. The van der Waals surface area contributed by atoms with Crippen molar-refractivity contribution in [3.05, 3.63) is 11.7 Å². The molecule has 1 aromatic heterocycles. The highest BCUT2D eigenvalue weighted by molar-refractivity contribution is 5.05. The molecule has 0 spiro atoms. The van der Waals surface area contributed by atoms with E-state index >= 15 is 0 Å². The van der Waals surface area contributed by atoms with E-state index in [9.17, 15) is 0 Å². The highest BCUT2D eigenvalue weighted by Gasteiger charge is 2.30. The van der Waals surface area contributed by atoms with E-state index < -0.39 is 5.54 Å². The van der Waals surface area contributed by atoms with E-state index in [1.807, 2.05) is 27.7 Å². The van der Waals surface area contributed by atoms with Crippen LogP contribution in [0.1, 0.15) is 45.8 Å². The smallest absolute Gasteiger partial charge is 0.232 e. The molecular weight excluding hydrogens is 206 g/mol. The van der Waals surface area contributed by atoms with E-state index in [0.29, 0.717) is 24.7 Å². The fourth-order valence-electron chi connectivity index (χ4n) is 1.19. The Labute approximate surface area is 96.4 Å². The van der Waals surface area contributed by atoms with Crippen molar-refractivity contribution in [3.8, 4) is 0 Å². The highest BCUT2D eigenvalue weighted by Crippen LogP contribution is 2.24. The summed E-state index contributed by atoms with van der Waals surface area (Å²) in [6.45, 7) is 8.52. The molecule has 92 valence electrons. The average Bonchev–Trinajstić information content (AvgIpc) is 2.63. The van der Waals surface area contributed by atoms with Gasteiger partial charge in [0.15, 0.2) is 5.82 Å². The maximum absolute atomic E-state index is 6.12. The molecule has 5 heteroatoms. The third-order valence-corrected chi connectivity index (χ3v) is 2.40. The van der Waals surface area contributed by atoms with Crippen LogP contribution in [0.4, 0.5) is 0 Å². The van der Waals surface area contributed by atoms with Crippen molar-refractivity contribution in [2.24, 2.45) is 5.73 Å². The molecule has 16 heavy (non-hydrogen) atoms. The number of ether oxygens (including phenoxy) is 1. The van der Waals surface area contributed by atoms with Gasteiger partial charge in [0.05, 0.1) is 5.54 Å². The molecule has 0 aromatic carbocycles. The maximum atomic E-state index is 6.12. The summed E-state index contributed by atoms with van der Waals surface area (Å²) in [6, 6.07) is 0. The summed E-state index contributed by atoms with van der Waals surface area (Å²) in [4.78, 5) is 4.35. The topological polar surface area (TPSA) is 74.2 Å². The Hall–Kier alpha value is -0.940. The molecule has 0 amide bonds. The van der Waals surface area contributed by atoms with E-state index in [-0.39, 0.29) is 5.41 Å². The predicted octanol–water partition coefficient (Wildman–Crippen LogP) is 1.58. The Morgan fingerprint density at radius 1 is 1.31 bits per heavy atom. The predicted molar refractivity (Wildman–Crippen MR) is 61.0 cm³/mol. The first-order chi connectivity index (χ1) is 7.27. The van der Waals surface area contributed by atoms with Gasteiger partial charge in [-0.1, -0.05) is 25.9 Å². The van der Waals surface area contributed by atoms with Gasteiger partial charge in [0.25, 0.3) is 0 Å². The van der Waals surface area contributed by atoms with Gasteiger partial charge in [-0.3, -0.25) is 0 Å². The van der Waals surface area contributed by atoms with Crippen LogP contribution in [-0.4, -0.2) is 23.9 Å². The van der Waals surface area contributed by atoms with Crippen molar-refractivity contribution >= 4 is 0 Å². The molecular formula is C11H21N3O2. The van der Waals surface area contributed by atoms with E-state index in [0.717, 1.165) is 0 Å². The van der Waals surface area contributed by atoms with E-state index in [1.54, 1.807) is 7.11 Å². The molecule has 1 aromatic rings. The minimum absolute atomic E-state index is 0.150. The van der Waals surface area contributed by atoms with Crippen LogP contribution in [-0.2, 0) is 15.7 Å². The molecule has 2 N–H and O–H groups in total. The number of hydrogen-bond acceptors (Lipinski definition) is 5. The van der Waals surface area contributed by atoms with Crippen LogP contribution in [0.3, 0.4) is 0 Å². The summed E-state index contributed by atoms with van der Waals surface area (Å²) >= 11 is 0. The van der Waals surface area contributed by atoms with Crippen LogP contribution in [0.25, 0.3) is 0 Å². The minimum atomic E-state index is -0.608. The van der Waals surface area contributed by atoms with Gasteiger partial charge < -0.3 is 15.0 Å². The second-order valence-corrected chi connectivity index (χ2v) is 5.33. The number of methoxy groups -OCH3 is 1. The van der Waals surface area contributed by atoms with E-state index in [2.05, 4.69) is 10.1 Å². The quantitative estimate of drug-likeness (QED) is 0.845. The van der Waals surface area contributed by atoms with Crippen molar-refractivity contribution in [2.75, 3.05) is 13.7 Å². The minimum Gasteiger partial charge on any atom is -0.385 e. The van der Waals surface area contributed by atoms with Crippen LogP contribution in [0, 0.1) is 0 Å². The average molecular weight is 227 g/mol. The second-order valence-electron chi connectivity index (χ2n) is 5.33. The number of rotatable bonds is 4. The summed E-state index contributed by atoms with van der Waals surface area (Å²) in [5, 5.41) is 3.94. The zero-order valence-corrected chi connectivity index (χ0v) is 10.7. The number of aromatic nitrogens is 2. The summed E-state index contributed by atoms with van der Waals surface area (Å²) in [5.74, 6) is 1.14. The first kappa shape index (κ1) is 13.1. The van der Waals surface area contributed by atoms with Crippen molar-refractivity contribution in [2.45, 2.75) is 45.1 Å². The molecule has 0 saturated carbocycles. The largest absolute Gasteiger partial charge is 0.385 e. The fourth-order valence-corrected chi connectivity index (χ4v) is 1.19. The van der Waals surface area contributed by atoms with Crippen LogP contribution in [0.15, 0.2) is 4.52 Å². The fraction of sp³-hybridized carbons (Fsp3) is 0.818. The molecule has 1 unspecified atom stereocenters. The Morgan fingerprint density at radius 3 is 2.38 bits per heavy atom. The monoisotopic (exact) mass is 227 g/mol. The van der Waals surface area contributed by atoms with Crippen molar-refractivity contribution in [3.63, 3.8) is 0 Å². The molecule has 0 bridgehead atoms. The normalized spacial score (nSPS) is 16.1. The number of nitrogens with two attached hydrogens (primary N) is 1. The summed E-state index contributed by atoms with van der Waals surface area (Å²) in [7, 11) is 1.65. The van der Waals surface area contributed by atoms with Gasteiger partial charge in [0.2, 0.25) is 5.89 Å². The van der Waals surface area contributed by atoms with Gasteiger partial charge in [0.1, 0.15) is 0 Å².